The Morgan fingerprint density at radius 2 is 2.33 bits per heavy atom. The van der Waals surface area contributed by atoms with E-state index in [-0.39, 0.29) is 12.5 Å². The minimum absolute atomic E-state index is 0.0243. The highest BCUT2D eigenvalue weighted by Gasteiger charge is 2.13. The molecule has 0 aliphatic heterocycles. The van der Waals surface area contributed by atoms with Crippen molar-refractivity contribution in [2.75, 3.05) is 19.7 Å². The molecule has 0 spiro atoms. The van der Waals surface area contributed by atoms with Crippen molar-refractivity contribution in [1.29, 1.82) is 0 Å². The Morgan fingerprint density at radius 1 is 1.60 bits per heavy atom. The van der Waals surface area contributed by atoms with Crippen LogP contribution >= 0.6 is 15.9 Å². The summed E-state index contributed by atoms with van der Waals surface area (Å²) in [5.74, 6) is -0.105. The number of aliphatic hydroxyl groups is 1. The Morgan fingerprint density at radius 3 is 2.80 bits per heavy atom. The van der Waals surface area contributed by atoms with Crippen molar-refractivity contribution < 1.29 is 9.90 Å². The molecule has 15 heavy (non-hydrogen) atoms. The zero-order valence-electron chi connectivity index (χ0n) is 8.48. The second kappa shape index (κ2) is 5.82. The molecule has 5 heteroatoms. The molecule has 82 valence electrons. The fourth-order valence-corrected chi connectivity index (χ4v) is 1.44. The fourth-order valence-electron chi connectivity index (χ4n) is 1.21. The quantitative estimate of drug-likeness (QED) is 0.841. The maximum Gasteiger partial charge on any atom is 0.255 e. The lowest BCUT2D eigenvalue weighted by Crippen LogP contribution is -2.33. The van der Waals surface area contributed by atoms with Gasteiger partial charge >= 0.3 is 0 Å². The Hall–Kier alpha value is -0.940. The van der Waals surface area contributed by atoms with Gasteiger partial charge in [0.05, 0.1) is 12.2 Å². The highest BCUT2D eigenvalue weighted by Crippen LogP contribution is 2.08. The molecule has 0 radical (unpaired) electrons. The van der Waals surface area contributed by atoms with Gasteiger partial charge in [-0.2, -0.15) is 0 Å². The van der Waals surface area contributed by atoms with Crippen LogP contribution in [0.15, 0.2) is 22.9 Å². The summed E-state index contributed by atoms with van der Waals surface area (Å²) in [4.78, 5) is 17.4. The number of aliphatic hydroxyl groups excluding tert-OH is 1. The molecule has 1 rings (SSSR count). The lowest BCUT2D eigenvalue weighted by Gasteiger charge is -2.19. The lowest BCUT2D eigenvalue weighted by atomic mass is 10.2. The van der Waals surface area contributed by atoms with Crippen LogP contribution in [-0.2, 0) is 0 Å². The van der Waals surface area contributed by atoms with Crippen molar-refractivity contribution in [3.63, 3.8) is 0 Å². The van der Waals surface area contributed by atoms with Crippen LogP contribution in [0.5, 0.6) is 0 Å². The maximum atomic E-state index is 11.8. The second-order valence-corrected chi connectivity index (χ2v) is 3.79. The molecule has 1 N–H and O–H groups in total. The van der Waals surface area contributed by atoms with Crippen LogP contribution in [0, 0.1) is 0 Å². The van der Waals surface area contributed by atoms with E-state index in [9.17, 15) is 4.79 Å². The first kappa shape index (κ1) is 12.1. The van der Waals surface area contributed by atoms with Gasteiger partial charge < -0.3 is 10.0 Å². The zero-order chi connectivity index (χ0) is 11.3. The van der Waals surface area contributed by atoms with Crippen molar-refractivity contribution >= 4 is 21.8 Å². The van der Waals surface area contributed by atoms with Gasteiger partial charge in [-0.05, 0) is 35.0 Å². The molecule has 1 heterocycles. The number of halogens is 1. The number of nitrogens with zero attached hydrogens (tertiary/aromatic N) is 2. The molecule has 0 unspecified atom stereocenters. The van der Waals surface area contributed by atoms with Crippen LogP contribution in [0.25, 0.3) is 0 Å². The number of amides is 1. The van der Waals surface area contributed by atoms with Gasteiger partial charge in [-0.1, -0.05) is 0 Å². The average Bonchev–Trinajstić information content (AvgIpc) is 2.26. The van der Waals surface area contributed by atoms with Crippen molar-refractivity contribution in [3.05, 3.63) is 28.5 Å². The first-order valence-electron chi connectivity index (χ1n) is 4.70. The lowest BCUT2D eigenvalue weighted by molar-refractivity contribution is 0.0731. The molecule has 0 saturated heterocycles. The van der Waals surface area contributed by atoms with Gasteiger partial charge in [0.15, 0.2) is 0 Å². The van der Waals surface area contributed by atoms with Gasteiger partial charge in [0.25, 0.3) is 5.91 Å². The van der Waals surface area contributed by atoms with Crippen LogP contribution in [0.1, 0.15) is 17.3 Å². The molecule has 0 atom stereocenters. The van der Waals surface area contributed by atoms with Gasteiger partial charge in [0.1, 0.15) is 4.60 Å². The molecule has 1 aromatic heterocycles. The number of hydrogen-bond acceptors (Lipinski definition) is 3. The third-order valence-electron chi connectivity index (χ3n) is 2.01. The monoisotopic (exact) mass is 272 g/mol. The molecule has 0 aliphatic rings. The molecule has 1 aromatic rings. The maximum absolute atomic E-state index is 11.8. The van der Waals surface area contributed by atoms with Crippen LogP contribution in [0.2, 0.25) is 0 Å². The van der Waals surface area contributed by atoms with E-state index in [0.29, 0.717) is 23.3 Å². The van der Waals surface area contributed by atoms with Crippen molar-refractivity contribution in [2.24, 2.45) is 0 Å². The van der Waals surface area contributed by atoms with E-state index in [0.717, 1.165) is 0 Å². The number of likely N-dealkylation sites (N-methyl/N-ethyl adjacent to an activating group) is 1. The molecule has 0 aliphatic carbocycles. The molecule has 0 fully saturated rings. The number of carbonyl (C=O) groups excluding carboxylic acids is 1. The van der Waals surface area contributed by atoms with Crippen LogP contribution in [-0.4, -0.2) is 40.6 Å². The van der Waals surface area contributed by atoms with E-state index in [4.69, 9.17) is 5.11 Å². The fraction of sp³-hybridized carbons (Fsp3) is 0.400. The Kier molecular flexibility index (Phi) is 4.71. The topological polar surface area (TPSA) is 53.4 Å². The number of aromatic nitrogens is 1. The Bertz CT molecular complexity index is 327. The smallest absolute Gasteiger partial charge is 0.255 e. The summed E-state index contributed by atoms with van der Waals surface area (Å²) < 4.78 is 0.698. The third-order valence-corrected chi connectivity index (χ3v) is 2.48. The largest absolute Gasteiger partial charge is 0.395 e. The summed E-state index contributed by atoms with van der Waals surface area (Å²) in [6.45, 7) is 2.78. The predicted octanol–water partition coefficient (Wildman–Crippen LogP) is 1.30. The molecule has 4 nitrogen and oxygen atoms in total. The summed E-state index contributed by atoms with van der Waals surface area (Å²) in [5.41, 5.74) is 0.536. The number of hydrogen-bond donors (Lipinski definition) is 1. The Balaban J connectivity index is 2.78. The standard InChI is InChI=1S/C10H13BrN2O2/c1-2-13(5-6-14)10(15)8-3-4-9(11)12-7-8/h3-4,7,14H,2,5-6H2,1H3. The van der Waals surface area contributed by atoms with Crippen molar-refractivity contribution in [3.8, 4) is 0 Å². The van der Waals surface area contributed by atoms with Gasteiger partial charge in [-0.15, -0.1) is 0 Å². The predicted molar refractivity (Wildman–Crippen MR) is 60.6 cm³/mol. The molecule has 0 bridgehead atoms. The Labute approximate surface area is 97.1 Å². The number of rotatable bonds is 4. The normalized spacial score (nSPS) is 10.1. The third kappa shape index (κ3) is 3.28. The number of carbonyl (C=O) groups is 1. The van der Waals surface area contributed by atoms with Gasteiger partial charge in [0.2, 0.25) is 0 Å². The molecule has 0 aromatic carbocycles. The summed E-state index contributed by atoms with van der Waals surface area (Å²) in [5, 5.41) is 8.79. The van der Waals surface area contributed by atoms with E-state index in [1.54, 1.807) is 17.0 Å². The summed E-state index contributed by atoms with van der Waals surface area (Å²) >= 11 is 3.20. The first-order valence-corrected chi connectivity index (χ1v) is 5.50. The summed E-state index contributed by atoms with van der Waals surface area (Å²) in [7, 11) is 0. The minimum atomic E-state index is -0.105. The van der Waals surface area contributed by atoms with Crippen molar-refractivity contribution in [2.45, 2.75) is 6.92 Å². The highest BCUT2D eigenvalue weighted by molar-refractivity contribution is 9.10. The van der Waals surface area contributed by atoms with E-state index < -0.39 is 0 Å². The van der Waals surface area contributed by atoms with E-state index in [1.165, 1.54) is 6.20 Å². The van der Waals surface area contributed by atoms with Gasteiger partial charge in [-0.25, -0.2) is 4.98 Å². The molecular formula is C10H13BrN2O2. The second-order valence-electron chi connectivity index (χ2n) is 2.98. The molecule has 1 amide bonds. The summed E-state index contributed by atoms with van der Waals surface area (Å²) in [6.07, 6.45) is 1.52. The van der Waals surface area contributed by atoms with Crippen LogP contribution < -0.4 is 0 Å². The van der Waals surface area contributed by atoms with Gasteiger partial charge in [0, 0.05) is 19.3 Å². The molecular weight excluding hydrogens is 260 g/mol. The van der Waals surface area contributed by atoms with Crippen LogP contribution in [0.4, 0.5) is 0 Å². The van der Waals surface area contributed by atoms with E-state index in [2.05, 4.69) is 20.9 Å². The average molecular weight is 273 g/mol. The molecule has 0 saturated carbocycles. The van der Waals surface area contributed by atoms with Crippen LogP contribution in [0.3, 0.4) is 0 Å². The van der Waals surface area contributed by atoms with Gasteiger partial charge in [-0.3, -0.25) is 4.79 Å². The SMILES string of the molecule is CCN(CCO)C(=O)c1ccc(Br)nc1. The van der Waals surface area contributed by atoms with Crippen molar-refractivity contribution in [1.82, 2.24) is 9.88 Å². The summed E-state index contributed by atoms with van der Waals surface area (Å²) in [6, 6.07) is 3.43. The zero-order valence-corrected chi connectivity index (χ0v) is 10.1. The first-order chi connectivity index (χ1) is 7.19. The van der Waals surface area contributed by atoms with E-state index >= 15 is 0 Å². The number of pyridine rings is 1. The minimum Gasteiger partial charge on any atom is -0.395 e. The van der Waals surface area contributed by atoms with E-state index in [1.807, 2.05) is 6.92 Å². The highest BCUT2D eigenvalue weighted by atomic mass is 79.9.